The number of hydrogen-bond acceptors (Lipinski definition) is 8. The quantitative estimate of drug-likeness (QED) is 0.372. The fraction of sp³-hybridized carbons (Fsp3) is 0.400. The third-order valence-electron chi connectivity index (χ3n) is 4.51. The second-order valence-corrected chi connectivity index (χ2v) is 9.12. The van der Waals surface area contributed by atoms with Crippen molar-refractivity contribution in [1.82, 2.24) is 0 Å². The van der Waals surface area contributed by atoms with E-state index >= 15 is 0 Å². The lowest BCUT2D eigenvalue weighted by atomic mass is 10.3. The van der Waals surface area contributed by atoms with Crippen LogP contribution in [0.2, 0.25) is 0 Å². The fourth-order valence-electron chi connectivity index (χ4n) is 2.74. The normalized spacial score (nSPS) is 13.6. The van der Waals surface area contributed by atoms with Crippen molar-refractivity contribution in [3.05, 3.63) is 48.5 Å². The van der Waals surface area contributed by atoms with Crippen LogP contribution in [-0.4, -0.2) is 55.6 Å². The SMILES string of the molecule is Nc1ccc(OCCC(CO)S(=O)(=O)C(CO)CCOc2ccc(N)cc2)cc1. The van der Waals surface area contributed by atoms with E-state index in [0.29, 0.717) is 22.9 Å². The summed E-state index contributed by atoms with van der Waals surface area (Å²) in [6.45, 7) is -0.894. The molecule has 2 atom stereocenters. The van der Waals surface area contributed by atoms with E-state index in [-0.39, 0.29) is 26.1 Å². The first kappa shape index (κ1) is 22.8. The standard InChI is InChI=1S/C20H28N2O6S/c21-15-1-5-17(6-2-15)27-11-9-19(13-23)29(25,26)20(14-24)10-12-28-18-7-3-16(22)4-8-18/h1-8,19-20,23-24H,9-14,21-22H2. The number of nitrogens with two attached hydrogens (primary N) is 2. The van der Waals surface area contributed by atoms with Crippen LogP contribution < -0.4 is 20.9 Å². The molecule has 8 nitrogen and oxygen atoms in total. The maximum Gasteiger partial charge on any atom is 0.160 e. The third kappa shape index (κ3) is 6.81. The lowest BCUT2D eigenvalue weighted by molar-refractivity contribution is 0.241. The molecule has 0 saturated carbocycles. The summed E-state index contributed by atoms with van der Waals surface area (Å²) >= 11 is 0. The molecule has 0 aromatic heterocycles. The van der Waals surface area contributed by atoms with Crippen molar-refractivity contribution < 1.29 is 28.1 Å². The Morgan fingerprint density at radius 2 is 1.07 bits per heavy atom. The number of anilines is 2. The van der Waals surface area contributed by atoms with Crippen LogP contribution in [-0.2, 0) is 9.84 Å². The van der Waals surface area contributed by atoms with Crippen LogP contribution >= 0.6 is 0 Å². The number of nitrogen functional groups attached to an aromatic ring is 2. The first-order chi connectivity index (χ1) is 13.9. The van der Waals surface area contributed by atoms with Gasteiger partial charge in [-0.15, -0.1) is 0 Å². The predicted molar refractivity (Wildman–Crippen MR) is 113 cm³/mol. The van der Waals surface area contributed by atoms with Gasteiger partial charge in [0, 0.05) is 24.2 Å². The van der Waals surface area contributed by atoms with Crippen molar-refractivity contribution in [2.45, 2.75) is 23.3 Å². The molecule has 2 rings (SSSR count). The lowest BCUT2D eigenvalue weighted by Gasteiger charge is -2.22. The Hall–Kier alpha value is -2.49. The van der Waals surface area contributed by atoms with Crippen LogP contribution in [0.1, 0.15) is 12.8 Å². The Bertz CT molecular complexity index is 775. The summed E-state index contributed by atoms with van der Waals surface area (Å²) in [5.41, 5.74) is 12.4. The van der Waals surface area contributed by atoms with E-state index in [2.05, 4.69) is 0 Å². The van der Waals surface area contributed by atoms with Gasteiger partial charge in [0.15, 0.2) is 9.84 Å². The molecule has 0 aliphatic heterocycles. The minimum absolute atomic E-state index is 0.0958. The van der Waals surface area contributed by atoms with E-state index in [1.807, 2.05) is 0 Å². The number of hydrogen-bond donors (Lipinski definition) is 4. The second kappa shape index (κ2) is 10.9. The smallest absolute Gasteiger partial charge is 0.160 e. The summed E-state index contributed by atoms with van der Waals surface area (Å²) in [6, 6.07) is 13.4. The highest BCUT2D eigenvalue weighted by molar-refractivity contribution is 7.92. The van der Waals surface area contributed by atoms with Crippen LogP contribution in [0.4, 0.5) is 11.4 Å². The minimum atomic E-state index is -3.79. The highest BCUT2D eigenvalue weighted by atomic mass is 32.2. The van der Waals surface area contributed by atoms with Crippen molar-refractivity contribution in [2.24, 2.45) is 0 Å². The third-order valence-corrected chi connectivity index (χ3v) is 7.14. The van der Waals surface area contributed by atoms with Gasteiger partial charge in [0.05, 0.1) is 36.9 Å². The largest absolute Gasteiger partial charge is 0.494 e. The van der Waals surface area contributed by atoms with Crippen LogP contribution in [0.5, 0.6) is 11.5 Å². The van der Waals surface area contributed by atoms with Gasteiger partial charge in [-0.2, -0.15) is 0 Å². The van der Waals surface area contributed by atoms with Crippen molar-refractivity contribution in [3.8, 4) is 11.5 Å². The Morgan fingerprint density at radius 1 is 0.724 bits per heavy atom. The van der Waals surface area contributed by atoms with E-state index in [1.54, 1.807) is 48.5 Å². The van der Waals surface area contributed by atoms with Gasteiger partial charge in [-0.25, -0.2) is 8.42 Å². The molecule has 0 fully saturated rings. The maximum atomic E-state index is 12.8. The second-order valence-electron chi connectivity index (χ2n) is 6.61. The van der Waals surface area contributed by atoms with Gasteiger partial charge < -0.3 is 31.2 Å². The van der Waals surface area contributed by atoms with Gasteiger partial charge in [0.25, 0.3) is 0 Å². The molecule has 0 heterocycles. The zero-order valence-corrected chi connectivity index (χ0v) is 16.9. The van der Waals surface area contributed by atoms with E-state index in [1.165, 1.54) is 0 Å². The molecule has 0 radical (unpaired) electrons. The predicted octanol–water partition coefficient (Wildman–Crippen LogP) is 1.23. The molecule has 160 valence electrons. The Balaban J connectivity index is 1.88. The van der Waals surface area contributed by atoms with Crippen molar-refractivity contribution in [1.29, 1.82) is 0 Å². The summed E-state index contributed by atoms with van der Waals surface area (Å²) < 4.78 is 36.6. The van der Waals surface area contributed by atoms with Gasteiger partial charge in [-0.05, 0) is 48.5 Å². The van der Waals surface area contributed by atoms with Gasteiger partial charge >= 0.3 is 0 Å². The highest BCUT2D eigenvalue weighted by Crippen LogP contribution is 2.19. The first-order valence-electron chi connectivity index (χ1n) is 9.28. The molecule has 0 saturated heterocycles. The van der Waals surface area contributed by atoms with Crippen LogP contribution in [0.15, 0.2) is 48.5 Å². The van der Waals surface area contributed by atoms with Crippen molar-refractivity contribution >= 4 is 21.2 Å². The molecule has 0 amide bonds. The summed E-state index contributed by atoms with van der Waals surface area (Å²) in [6.07, 6.45) is 0.192. The van der Waals surface area contributed by atoms with Crippen molar-refractivity contribution in [3.63, 3.8) is 0 Å². The van der Waals surface area contributed by atoms with E-state index in [0.717, 1.165) is 0 Å². The Morgan fingerprint density at radius 3 is 1.38 bits per heavy atom. The maximum absolute atomic E-state index is 12.8. The molecule has 0 spiro atoms. The summed E-state index contributed by atoms with van der Waals surface area (Å²) in [4.78, 5) is 0. The number of ether oxygens (including phenoxy) is 2. The summed E-state index contributed by atoms with van der Waals surface area (Å²) in [5.74, 6) is 1.12. The average Bonchev–Trinajstić information content (AvgIpc) is 2.71. The molecule has 2 unspecified atom stereocenters. The summed E-state index contributed by atoms with van der Waals surface area (Å²) in [7, 11) is -3.79. The van der Waals surface area contributed by atoms with Crippen molar-refractivity contribution in [2.75, 3.05) is 37.9 Å². The molecule has 0 aliphatic carbocycles. The molecule has 2 aromatic carbocycles. The minimum Gasteiger partial charge on any atom is -0.494 e. The molecule has 0 bridgehead atoms. The van der Waals surface area contributed by atoms with Gasteiger partial charge in [-0.3, -0.25) is 0 Å². The van der Waals surface area contributed by atoms with E-state index in [9.17, 15) is 18.6 Å². The van der Waals surface area contributed by atoms with Gasteiger partial charge in [0.1, 0.15) is 11.5 Å². The molecular weight excluding hydrogens is 396 g/mol. The average molecular weight is 425 g/mol. The summed E-state index contributed by atoms with van der Waals surface area (Å²) in [5, 5.41) is 17.1. The monoisotopic (exact) mass is 424 g/mol. The topological polar surface area (TPSA) is 145 Å². The molecule has 0 aliphatic rings. The first-order valence-corrected chi connectivity index (χ1v) is 10.9. The fourth-order valence-corrected chi connectivity index (χ4v) is 4.55. The number of aliphatic hydroxyl groups is 2. The lowest BCUT2D eigenvalue weighted by Crippen LogP contribution is -2.38. The van der Waals surface area contributed by atoms with E-state index < -0.39 is 33.6 Å². The number of sulfone groups is 1. The number of aliphatic hydroxyl groups excluding tert-OH is 2. The molecule has 9 heteroatoms. The zero-order valence-electron chi connectivity index (χ0n) is 16.1. The van der Waals surface area contributed by atoms with E-state index in [4.69, 9.17) is 20.9 Å². The number of rotatable bonds is 12. The zero-order chi connectivity index (χ0) is 21.3. The Labute approximate surface area is 171 Å². The Kier molecular flexibility index (Phi) is 8.56. The molecular formula is C20H28N2O6S. The number of benzene rings is 2. The molecule has 6 N–H and O–H groups in total. The molecule has 29 heavy (non-hydrogen) atoms. The molecule has 2 aromatic rings. The van der Waals surface area contributed by atoms with Gasteiger partial charge in [0.2, 0.25) is 0 Å². The van der Waals surface area contributed by atoms with Gasteiger partial charge in [-0.1, -0.05) is 0 Å². The highest BCUT2D eigenvalue weighted by Gasteiger charge is 2.33. The van der Waals surface area contributed by atoms with Crippen LogP contribution in [0.25, 0.3) is 0 Å². The van der Waals surface area contributed by atoms with Crippen LogP contribution in [0, 0.1) is 0 Å². The van der Waals surface area contributed by atoms with Crippen LogP contribution in [0.3, 0.4) is 0 Å².